The Labute approximate surface area is 281 Å². The van der Waals surface area contributed by atoms with Crippen LogP contribution in [0, 0.1) is 5.41 Å². The number of rotatable bonds is 16. The van der Waals surface area contributed by atoms with Gasteiger partial charge in [-0.25, -0.2) is 0 Å². The van der Waals surface area contributed by atoms with Crippen LogP contribution in [-0.4, -0.2) is 33.2 Å². The van der Waals surface area contributed by atoms with Crippen LogP contribution in [0.15, 0.2) is 84.9 Å². The molecule has 4 aromatic rings. The van der Waals surface area contributed by atoms with Crippen LogP contribution in [0.1, 0.15) is 116 Å². The zero-order chi connectivity index (χ0) is 34.2. The van der Waals surface area contributed by atoms with E-state index in [0.717, 1.165) is 58.4 Å². The van der Waals surface area contributed by atoms with E-state index in [-0.39, 0.29) is 0 Å². The Hall–Kier alpha value is -3.74. The molecule has 0 aliphatic heterocycles. The SMILES string of the molecule is CCCC(O)(CCC)[C@@H](NC(=O)C(C)(C)C(=O)N[C@@H](c1cccc2ccccc12)C(O)(CCC)CCC)c1cccc2ccccc12. The molecule has 4 aromatic carbocycles. The lowest BCUT2D eigenvalue weighted by Crippen LogP contribution is -2.55. The highest BCUT2D eigenvalue weighted by molar-refractivity contribution is 6.05. The molecular formula is C41H54N2O4. The third kappa shape index (κ3) is 7.71. The zero-order valence-corrected chi connectivity index (χ0v) is 29.1. The number of aliphatic hydroxyl groups is 2. The highest BCUT2D eigenvalue weighted by atomic mass is 16.3. The van der Waals surface area contributed by atoms with Crippen LogP contribution < -0.4 is 10.6 Å². The second kappa shape index (κ2) is 15.4. The van der Waals surface area contributed by atoms with E-state index in [9.17, 15) is 19.8 Å². The molecule has 252 valence electrons. The maximum atomic E-state index is 14.4. The van der Waals surface area contributed by atoms with Crippen molar-refractivity contribution in [3.05, 3.63) is 96.1 Å². The zero-order valence-electron chi connectivity index (χ0n) is 29.1. The number of carbonyl (C=O) groups excluding carboxylic acids is 2. The van der Waals surface area contributed by atoms with E-state index in [1.165, 1.54) is 0 Å². The molecule has 0 aromatic heterocycles. The van der Waals surface area contributed by atoms with Crippen LogP contribution in [0.5, 0.6) is 0 Å². The number of hydrogen-bond acceptors (Lipinski definition) is 4. The average Bonchev–Trinajstić information content (AvgIpc) is 3.05. The molecule has 0 saturated heterocycles. The fourth-order valence-electron chi connectivity index (χ4n) is 7.29. The van der Waals surface area contributed by atoms with Gasteiger partial charge in [0, 0.05) is 0 Å². The van der Waals surface area contributed by atoms with Crippen molar-refractivity contribution < 1.29 is 19.8 Å². The van der Waals surface area contributed by atoms with Gasteiger partial charge in [-0.05, 0) is 72.2 Å². The van der Waals surface area contributed by atoms with Gasteiger partial charge >= 0.3 is 0 Å². The Bertz CT molecular complexity index is 1520. The summed E-state index contributed by atoms with van der Waals surface area (Å²) in [5, 5.41) is 34.7. The van der Waals surface area contributed by atoms with Crippen molar-refractivity contribution in [2.45, 2.75) is 116 Å². The number of carbonyl (C=O) groups is 2. The van der Waals surface area contributed by atoms with Crippen molar-refractivity contribution in [1.82, 2.24) is 10.6 Å². The Morgan fingerprint density at radius 3 is 1.21 bits per heavy atom. The fourth-order valence-corrected chi connectivity index (χ4v) is 7.29. The normalized spacial score (nSPS) is 13.8. The van der Waals surface area contributed by atoms with Crippen molar-refractivity contribution >= 4 is 33.4 Å². The molecule has 4 N–H and O–H groups in total. The van der Waals surface area contributed by atoms with E-state index in [1.54, 1.807) is 13.8 Å². The van der Waals surface area contributed by atoms with Gasteiger partial charge in [-0.2, -0.15) is 0 Å². The number of benzene rings is 4. The average molecular weight is 639 g/mol. The number of hydrogen-bond donors (Lipinski definition) is 4. The lowest BCUT2D eigenvalue weighted by molar-refractivity contribution is -0.145. The number of fused-ring (bicyclic) bond motifs is 2. The molecule has 0 aliphatic carbocycles. The first-order valence-electron chi connectivity index (χ1n) is 17.5. The minimum Gasteiger partial charge on any atom is -0.387 e. The summed E-state index contributed by atoms with van der Waals surface area (Å²) in [7, 11) is 0. The molecule has 6 heteroatoms. The molecule has 47 heavy (non-hydrogen) atoms. The second-order valence-corrected chi connectivity index (χ2v) is 13.8. The summed E-state index contributed by atoms with van der Waals surface area (Å²) in [4.78, 5) is 28.7. The van der Waals surface area contributed by atoms with Crippen molar-refractivity contribution in [3.8, 4) is 0 Å². The van der Waals surface area contributed by atoms with E-state index >= 15 is 0 Å². The van der Waals surface area contributed by atoms with Crippen molar-refractivity contribution in [1.29, 1.82) is 0 Å². The molecule has 2 amide bonds. The van der Waals surface area contributed by atoms with Gasteiger partial charge in [0.15, 0.2) is 0 Å². The van der Waals surface area contributed by atoms with E-state index < -0.39 is 40.5 Å². The predicted molar refractivity (Wildman–Crippen MR) is 193 cm³/mol. The summed E-state index contributed by atoms with van der Waals surface area (Å²) in [5.74, 6) is -0.963. The van der Waals surface area contributed by atoms with Gasteiger partial charge in [0.1, 0.15) is 5.41 Å². The maximum absolute atomic E-state index is 14.4. The third-order valence-corrected chi connectivity index (χ3v) is 9.76. The van der Waals surface area contributed by atoms with Crippen LogP contribution in [0.2, 0.25) is 0 Å². The van der Waals surface area contributed by atoms with Crippen molar-refractivity contribution in [2.24, 2.45) is 5.41 Å². The van der Waals surface area contributed by atoms with Crippen LogP contribution in [0.4, 0.5) is 0 Å². The molecule has 0 unspecified atom stereocenters. The molecule has 4 rings (SSSR count). The summed E-state index contributed by atoms with van der Waals surface area (Å²) in [6.45, 7) is 11.4. The van der Waals surface area contributed by atoms with Gasteiger partial charge in [-0.15, -0.1) is 0 Å². The third-order valence-electron chi connectivity index (χ3n) is 9.76. The molecule has 0 heterocycles. The predicted octanol–water partition coefficient (Wildman–Crippen LogP) is 8.70. The monoisotopic (exact) mass is 638 g/mol. The summed E-state index contributed by atoms with van der Waals surface area (Å²) in [6, 6.07) is 26.3. The van der Waals surface area contributed by atoms with Crippen molar-refractivity contribution in [3.63, 3.8) is 0 Å². The lowest BCUT2D eigenvalue weighted by Gasteiger charge is -2.41. The van der Waals surface area contributed by atoms with Crippen LogP contribution in [0.25, 0.3) is 21.5 Å². The van der Waals surface area contributed by atoms with E-state index in [2.05, 4.69) is 10.6 Å². The minimum atomic E-state index is -1.52. The van der Waals surface area contributed by atoms with E-state index in [1.807, 2.05) is 113 Å². The molecule has 0 fully saturated rings. The van der Waals surface area contributed by atoms with Crippen LogP contribution in [-0.2, 0) is 9.59 Å². The smallest absolute Gasteiger partial charge is 0.235 e. The highest BCUT2D eigenvalue weighted by Gasteiger charge is 2.46. The number of amides is 2. The number of nitrogens with one attached hydrogen (secondary N) is 2. The molecule has 0 aliphatic rings. The van der Waals surface area contributed by atoms with Crippen LogP contribution in [0.3, 0.4) is 0 Å². The van der Waals surface area contributed by atoms with Gasteiger partial charge in [-0.1, -0.05) is 138 Å². The molecule has 0 saturated carbocycles. The Kier molecular flexibility index (Phi) is 11.9. The first kappa shape index (κ1) is 36.1. The lowest BCUT2D eigenvalue weighted by atomic mass is 9.78. The summed E-state index contributed by atoms with van der Waals surface area (Å²) in [6.07, 6.45) is 4.90. The summed E-state index contributed by atoms with van der Waals surface area (Å²) < 4.78 is 0. The topological polar surface area (TPSA) is 98.7 Å². The maximum Gasteiger partial charge on any atom is 0.235 e. The van der Waals surface area contributed by atoms with E-state index in [4.69, 9.17) is 0 Å². The van der Waals surface area contributed by atoms with Crippen molar-refractivity contribution in [2.75, 3.05) is 0 Å². The van der Waals surface area contributed by atoms with Gasteiger partial charge in [0.05, 0.1) is 23.3 Å². The standard InChI is InChI=1S/C41H54N2O4/c1-7-25-40(46,26-8-2)35(33-23-15-19-29-17-11-13-21-31(29)33)42-37(44)39(5,6)38(45)43-36(41(47,27-9-3)28-10-4)34-24-16-20-30-18-12-14-22-32(30)34/h11-24,35-36,46-47H,7-10,25-28H2,1-6H3,(H,42,44)(H,43,45)/t35-,36-/m0/s1. The van der Waals surface area contributed by atoms with E-state index in [0.29, 0.717) is 25.7 Å². The molecular weight excluding hydrogens is 584 g/mol. The summed E-state index contributed by atoms with van der Waals surface area (Å²) in [5.41, 5.74) is -2.31. The first-order valence-corrected chi connectivity index (χ1v) is 17.5. The minimum absolute atomic E-state index is 0.482. The fraction of sp³-hybridized carbons (Fsp3) is 0.463. The van der Waals surface area contributed by atoms with Gasteiger partial charge < -0.3 is 20.8 Å². The molecule has 0 bridgehead atoms. The van der Waals surface area contributed by atoms with Crippen LogP contribution >= 0.6 is 0 Å². The van der Waals surface area contributed by atoms with Gasteiger partial charge in [-0.3, -0.25) is 9.59 Å². The first-order chi connectivity index (χ1) is 22.5. The molecule has 0 spiro atoms. The van der Waals surface area contributed by atoms with Gasteiger partial charge in [0.25, 0.3) is 0 Å². The Morgan fingerprint density at radius 2 is 0.872 bits per heavy atom. The molecule has 0 radical (unpaired) electrons. The Morgan fingerprint density at radius 1 is 0.553 bits per heavy atom. The second-order valence-electron chi connectivity index (χ2n) is 13.8. The largest absolute Gasteiger partial charge is 0.387 e. The highest BCUT2D eigenvalue weighted by Crippen LogP contribution is 2.40. The summed E-state index contributed by atoms with van der Waals surface area (Å²) >= 11 is 0. The molecule has 6 nitrogen and oxygen atoms in total. The Balaban J connectivity index is 1.75. The van der Waals surface area contributed by atoms with Gasteiger partial charge in [0.2, 0.25) is 11.8 Å². The quantitative estimate of drug-likeness (QED) is 0.0923. The molecule has 2 atom stereocenters.